The smallest absolute Gasteiger partial charge is 0.0747 e. The van der Waals surface area contributed by atoms with E-state index < -0.39 is 0 Å². The summed E-state index contributed by atoms with van der Waals surface area (Å²) >= 11 is 0. The van der Waals surface area contributed by atoms with Crippen molar-refractivity contribution in [2.24, 2.45) is 5.92 Å². The topological polar surface area (TPSA) is 3.24 Å². The minimum absolute atomic E-state index is 0.186. The maximum atomic E-state index is 3.55. The molecule has 0 N–H and O–H groups in total. The van der Waals surface area contributed by atoms with Gasteiger partial charge in [-0.2, -0.15) is 0 Å². The second-order valence-corrected chi connectivity index (χ2v) is 7.20. The second-order valence-electron chi connectivity index (χ2n) is 7.20. The van der Waals surface area contributed by atoms with Gasteiger partial charge >= 0.3 is 0 Å². The van der Waals surface area contributed by atoms with Crippen LogP contribution in [0.2, 0.25) is 0 Å². The van der Waals surface area contributed by atoms with E-state index in [1.165, 1.54) is 11.1 Å². The lowest BCUT2D eigenvalue weighted by Gasteiger charge is -2.31. The Balaban J connectivity index is 1.88. The zero-order valence-electron chi connectivity index (χ0n) is 16.2. The lowest BCUT2D eigenvalue weighted by atomic mass is 10.0. The van der Waals surface area contributed by atoms with E-state index in [0.717, 1.165) is 18.7 Å². The van der Waals surface area contributed by atoms with Gasteiger partial charge in [-0.3, -0.25) is 4.90 Å². The van der Waals surface area contributed by atoms with Gasteiger partial charge in [0.2, 0.25) is 0 Å². The summed E-state index contributed by atoms with van der Waals surface area (Å²) in [5, 5.41) is 0. The molecule has 136 valence electrons. The summed E-state index contributed by atoms with van der Waals surface area (Å²) in [5.41, 5.74) is 3.71. The van der Waals surface area contributed by atoms with Crippen LogP contribution in [-0.4, -0.2) is 10.9 Å². The molecule has 0 aliphatic rings. The maximum Gasteiger partial charge on any atom is 0.0747 e. The van der Waals surface area contributed by atoms with Crippen LogP contribution in [0.4, 0.5) is 0 Å². The van der Waals surface area contributed by atoms with E-state index in [4.69, 9.17) is 0 Å². The maximum absolute atomic E-state index is 3.55. The molecule has 0 aromatic heterocycles. The third-order valence-corrected chi connectivity index (χ3v) is 4.62. The van der Waals surface area contributed by atoms with E-state index in [0.29, 0.717) is 5.92 Å². The molecule has 0 amide bonds. The molecule has 1 atom stereocenters. The normalized spacial score (nSPS) is 11.9. The fourth-order valence-electron chi connectivity index (χ4n) is 3.25. The molecule has 3 aromatic rings. The van der Waals surface area contributed by atoms with Gasteiger partial charge in [0.1, 0.15) is 0 Å². The van der Waals surface area contributed by atoms with Gasteiger partial charge in [0.05, 0.1) is 6.04 Å². The van der Waals surface area contributed by atoms with Crippen molar-refractivity contribution < 1.29 is 0 Å². The van der Waals surface area contributed by atoms with Crippen LogP contribution in [0, 0.1) is 17.8 Å². The average Bonchev–Trinajstić information content (AvgIpc) is 2.70. The summed E-state index contributed by atoms with van der Waals surface area (Å²) in [6.07, 6.45) is 0. The second kappa shape index (κ2) is 9.76. The van der Waals surface area contributed by atoms with Crippen molar-refractivity contribution in [2.45, 2.75) is 33.0 Å². The Bertz CT molecular complexity index is 816. The van der Waals surface area contributed by atoms with Crippen molar-refractivity contribution >= 4 is 0 Å². The first kappa shape index (κ1) is 19.0. The summed E-state index contributed by atoms with van der Waals surface area (Å²) in [5.74, 6) is 7.38. The first-order valence-electron chi connectivity index (χ1n) is 9.61. The van der Waals surface area contributed by atoms with Gasteiger partial charge in [-0.1, -0.05) is 105 Å². The highest BCUT2D eigenvalue weighted by atomic mass is 15.2. The summed E-state index contributed by atoms with van der Waals surface area (Å²) in [6.45, 7) is 6.30. The predicted octanol–water partition coefficient (Wildman–Crippen LogP) is 5.77. The zero-order valence-corrected chi connectivity index (χ0v) is 16.2. The molecule has 0 saturated heterocycles. The quantitative estimate of drug-likeness (QED) is 0.509. The minimum atomic E-state index is 0.186. The fraction of sp³-hybridized carbons (Fsp3) is 0.231. The van der Waals surface area contributed by atoms with Crippen LogP contribution < -0.4 is 0 Å². The molecule has 0 spiro atoms. The molecular formula is C26H27N. The van der Waals surface area contributed by atoms with Crippen molar-refractivity contribution in [3.05, 3.63) is 108 Å². The Morgan fingerprint density at radius 2 is 1.11 bits per heavy atom. The van der Waals surface area contributed by atoms with Gasteiger partial charge in [0.25, 0.3) is 0 Å². The van der Waals surface area contributed by atoms with Crippen LogP contribution in [0.3, 0.4) is 0 Å². The van der Waals surface area contributed by atoms with Crippen molar-refractivity contribution in [1.29, 1.82) is 0 Å². The van der Waals surface area contributed by atoms with E-state index in [9.17, 15) is 0 Å². The largest absolute Gasteiger partial charge is 0.281 e. The number of hydrogen-bond acceptors (Lipinski definition) is 1. The number of benzene rings is 3. The molecule has 3 rings (SSSR count). The number of hydrogen-bond donors (Lipinski definition) is 0. The predicted molar refractivity (Wildman–Crippen MR) is 114 cm³/mol. The van der Waals surface area contributed by atoms with Crippen LogP contribution in [0.5, 0.6) is 0 Å². The molecule has 3 aromatic carbocycles. The van der Waals surface area contributed by atoms with Gasteiger partial charge in [0.15, 0.2) is 0 Å². The molecule has 1 nitrogen and oxygen atoms in total. The van der Waals surface area contributed by atoms with Gasteiger partial charge in [-0.05, 0) is 29.2 Å². The van der Waals surface area contributed by atoms with Gasteiger partial charge in [-0.15, -0.1) is 0 Å². The standard InChI is InChI=1S/C26H27N/c1-22(2)26(19-18-23-12-6-3-7-13-23)27(20-24-14-8-4-9-15-24)21-25-16-10-5-11-17-25/h3-17,22,26H,20-21H2,1-2H3. The summed E-state index contributed by atoms with van der Waals surface area (Å²) < 4.78 is 0. The van der Waals surface area contributed by atoms with Crippen LogP contribution in [0.25, 0.3) is 0 Å². The monoisotopic (exact) mass is 353 g/mol. The molecule has 0 heterocycles. The van der Waals surface area contributed by atoms with E-state index in [1.807, 2.05) is 18.2 Å². The van der Waals surface area contributed by atoms with E-state index in [-0.39, 0.29) is 6.04 Å². The lowest BCUT2D eigenvalue weighted by molar-refractivity contribution is 0.179. The third-order valence-electron chi connectivity index (χ3n) is 4.62. The molecule has 0 saturated carbocycles. The van der Waals surface area contributed by atoms with Gasteiger partial charge < -0.3 is 0 Å². The van der Waals surface area contributed by atoms with Crippen molar-refractivity contribution in [1.82, 2.24) is 4.90 Å². The zero-order chi connectivity index (χ0) is 18.9. The SMILES string of the molecule is CC(C)C(C#Cc1ccccc1)N(Cc1ccccc1)Cc1ccccc1. The Hall–Kier alpha value is -2.82. The molecule has 0 fully saturated rings. The number of rotatable bonds is 6. The Morgan fingerprint density at radius 3 is 1.56 bits per heavy atom. The van der Waals surface area contributed by atoms with E-state index in [1.54, 1.807) is 0 Å². The van der Waals surface area contributed by atoms with Crippen LogP contribution in [0.1, 0.15) is 30.5 Å². The first-order valence-corrected chi connectivity index (χ1v) is 9.61. The highest BCUT2D eigenvalue weighted by Crippen LogP contribution is 2.18. The molecule has 0 aliphatic carbocycles. The summed E-state index contributed by atoms with van der Waals surface area (Å²) in [6, 6.07) is 31.8. The molecule has 0 bridgehead atoms. The van der Waals surface area contributed by atoms with Crippen molar-refractivity contribution in [2.75, 3.05) is 0 Å². The average molecular weight is 354 g/mol. The molecule has 1 heteroatoms. The number of nitrogens with zero attached hydrogens (tertiary/aromatic N) is 1. The van der Waals surface area contributed by atoms with Gasteiger partial charge in [0, 0.05) is 18.7 Å². The first-order chi connectivity index (χ1) is 13.2. The highest BCUT2D eigenvalue weighted by Gasteiger charge is 2.20. The van der Waals surface area contributed by atoms with Crippen LogP contribution in [0.15, 0.2) is 91.0 Å². The summed E-state index contributed by atoms with van der Waals surface area (Å²) in [7, 11) is 0. The Labute approximate surface area is 163 Å². The van der Waals surface area contributed by atoms with Crippen molar-refractivity contribution in [3.63, 3.8) is 0 Å². The van der Waals surface area contributed by atoms with E-state index in [2.05, 4.69) is 103 Å². The molecule has 0 radical (unpaired) electrons. The fourth-order valence-corrected chi connectivity index (χ4v) is 3.25. The molecular weight excluding hydrogens is 326 g/mol. The molecule has 0 aliphatic heterocycles. The molecule has 1 unspecified atom stereocenters. The minimum Gasteiger partial charge on any atom is -0.281 e. The van der Waals surface area contributed by atoms with E-state index >= 15 is 0 Å². The van der Waals surface area contributed by atoms with Crippen LogP contribution in [-0.2, 0) is 13.1 Å². The third kappa shape index (κ3) is 5.84. The Kier molecular flexibility index (Phi) is 6.85. The summed E-state index contributed by atoms with van der Waals surface area (Å²) in [4.78, 5) is 2.49. The van der Waals surface area contributed by atoms with Crippen LogP contribution >= 0.6 is 0 Å². The highest BCUT2D eigenvalue weighted by molar-refractivity contribution is 5.35. The Morgan fingerprint density at radius 1 is 0.667 bits per heavy atom. The van der Waals surface area contributed by atoms with Crippen molar-refractivity contribution in [3.8, 4) is 11.8 Å². The lowest BCUT2D eigenvalue weighted by Crippen LogP contribution is -2.37. The molecule has 27 heavy (non-hydrogen) atoms. The van der Waals surface area contributed by atoms with Gasteiger partial charge in [-0.25, -0.2) is 0 Å².